The smallest absolute Gasteiger partial charge is 0.338 e. The summed E-state index contributed by atoms with van der Waals surface area (Å²) in [6, 6.07) is 1.31. The quantitative estimate of drug-likeness (QED) is 0.342. The third kappa shape index (κ3) is 6.30. The van der Waals surface area contributed by atoms with Crippen LogP contribution in [0.1, 0.15) is 48.6 Å². The number of esters is 1. The summed E-state index contributed by atoms with van der Waals surface area (Å²) >= 11 is 1.32. The van der Waals surface area contributed by atoms with E-state index in [-0.39, 0.29) is 37.6 Å². The van der Waals surface area contributed by atoms with Crippen LogP contribution in [-0.4, -0.2) is 102 Å². The van der Waals surface area contributed by atoms with Gasteiger partial charge in [0.25, 0.3) is 5.92 Å². The number of rotatable bonds is 11. The number of hydrogen-bond acceptors (Lipinski definition) is 11. The maximum Gasteiger partial charge on any atom is 0.338 e. The van der Waals surface area contributed by atoms with E-state index in [9.17, 15) is 19.1 Å². The maximum atomic E-state index is 15.8. The van der Waals surface area contributed by atoms with Crippen LogP contribution in [0.4, 0.5) is 13.2 Å². The molecule has 2 aromatic rings. The van der Waals surface area contributed by atoms with Crippen molar-refractivity contribution < 1.29 is 42.2 Å². The Morgan fingerprint density at radius 3 is 2.67 bits per heavy atom. The summed E-state index contributed by atoms with van der Waals surface area (Å²) in [7, 11) is 1.33. The Balaban J connectivity index is 1.53. The van der Waals surface area contributed by atoms with E-state index in [1.807, 2.05) is 12.3 Å². The molecule has 46 heavy (non-hydrogen) atoms. The Morgan fingerprint density at radius 1 is 1.30 bits per heavy atom. The fraction of sp³-hybridized carbons (Fsp3) is 0.548. The fourth-order valence-corrected chi connectivity index (χ4v) is 6.89. The van der Waals surface area contributed by atoms with Gasteiger partial charge < -0.3 is 19.9 Å². The van der Waals surface area contributed by atoms with Gasteiger partial charge in [-0.25, -0.2) is 22.9 Å². The zero-order chi connectivity index (χ0) is 33.6. The highest BCUT2D eigenvalue weighted by Gasteiger charge is 2.61. The monoisotopic (exact) mass is 665 g/mol. The number of methoxy groups -OCH3 is 1. The first-order chi connectivity index (χ1) is 21.7. The molecule has 4 heterocycles. The van der Waals surface area contributed by atoms with Crippen LogP contribution >= 0.6 is 11.3 Å². The number of carbonyl (C=O) groups is 2. The molecule has 4 atom stereocenters. The van der Waals surface area contributed by atoms with Gasteiger partial charge in [-0.1, -0.05) is 12.1 Å². The number of amidine groups is 1. The molecule has 250 valence electrons. The number of ether oxygens (including phenoxy) is 2. The van der Waals surface area contributed by atoms with Crippen LogP contribution in [0.3, 0.4) is 0 Å². The molecule has 15 heteroatoms. The van der Waals surface area contributed by atoms with Gasteiger partial charge in [0.05, 0.1) is 49.4 Å². The van der Waals surface area contributed by atoms with Crippen molar-refractivity contribution in [3.05, 3.63) is 62.5 Å². The van der Waals surface area contributed by atoms with Gasteiger partial charge in [0, 0.05) is 30.4 Å². The lowest BCUT2D eigenvalue weighted by Crippen LogP contribution is -2.51. The van der Waals surface area contributed by atoms with Crippen LogP contribution in [0.25, 0.3) is 0 Å². The molecule has 11 nitrogen and oxygen atoms in total. The minimum atomic E-state index is -3.26. The number of carboxylic acid groups (broad SMARTS) is 1. The van der Waals surface area contributed by atoms with Gasteiger partial charge in [-0.15, -0.1) is 11.3 Å². The highest BCUT2D eigenvalue weighted by molar-refractivity contribution is 7.11. The molecule has 0 unspecified atom stereocenters. The van der Waals surface area contributed by atoms with Gasteiger partial charge in [-0.05, 0) is 51.8 Å². The second-order valence-electron chi connectivity index (χ2n) is 12.2. The first-order valence-corrected chi connectivity index (χ1v) is 15.8. The van der Waals surface area contributed by atoms with Gasteiger partial charge in [-0.3, -0.25) is 19.5 Å². The molecule has 0 saturated carbocycles. The number of aromatic nitrogens is 1. The van der Waals surface area contributed by atoms with E-state index < -0.39 is 59.9 Å². The summed E-state index contributed by atoms with van der Waals surface area (Å²) in [6.07, 6.45) is -0.942. The topological polar surface area (TPSA) is 126 Å². The Hall–Kier alpha value is -3.37. The van der Waals surface area contributed by atoms with Crippen LogP contribution in [0.5, 0.6) is 0 Å². The molecule has 5 rings (SSSR count). The van der Waals surface area contributed by atoms with Crippen molar-refractivity contribution in [2.75, 3.05) is 40.0 Å². The molecule has 0 radical (unpaired) electrons. The Bertz CT molecular complexity index is 1560. The first kappa shape index (κ1) is 34.0. The zero-order valence-electron chi connectivity index (χ0n) is 26.5. The molecule has 3 aliphatic heterocycles. The van der Waals surface area contributed by atoms with Gasteiger partial charge in [0.2, 0.25) is 0 Å². The molecule has 0 aliphatic carbocycles. The lowest BCUT2D eigenvalue weighted by Gasteiger charge is -2.34. The standard InChI is InChI=1S/C31H38F3N5O6S/c1-7-44-28(40)23-20(36-26(27-35-16(2)14-46-27)37-24(23)18-9-8-10-19(32)17(18)3)11-38-15-31(33,34)25-21(38)13-45-39(25)12-22(43-6)30(4,5)29(41)42/h8-10,14,21-22,24-25H,7,11-13,15H2,1-6H3,(H,36,37)(H,41,42)/t21-,22+,24+,25+/m1/s1. The highest BCUT2D eigenvalue weighted by atomic mass is 32.1. The highest BCUT2D eigenvalue weighted by Crippen LogP contribution is 2.42. The molecule has 3 aliphatic rings. The number of hydrogen-bond donors (Lipinski definition) is 2. The molecule has 1 aromatic carbocycles. The van der Waals surface area contributed by atoms with E-state index in [0.29, 0.717) is 22.0 Å². The number of aryl methyl sites for hydroxylation is 1. The van der Waals surface area contributed by atoms with Gasteiger partial charge in [0.1, 0.15) is 17.9 Å². The number of nitrogens with one attached hydrogen (secondary N) is 1. The van der Waals surface area contributed by atoms with Crippen molar-refractivity contribution in [1.29, 1.82) is 0 Å². The van der Waals surface area contributed by atoms with Crippen molar-refractivity contribution in [2.45, 2.75) is 64.8 Å². The van der Waals surface area contributed by atoms with Crippen molar-refractivity contribution in [2.24, 2.45) is 10.4 Å². The number of carbonyl (C=O) groups excluding carboxylic acids is 1. The van der Waals surface area contributed by atoms with Gasteiger partial charge in [0.15, 0.2) is 10.8 Å². The number of halogens is 3. The number of alkyl halides is 2. The molecule has 2 N–H and O–H groups in total. The molecule has 0 bridgehead atoms. The maximum absolute atomic E-state index is 15.8. The number of fused-ring (bicyclic) bond motifs is 1. The average Bonchev–Trinajstić information content (AvgIpc) is 3.69. The van der Waals surface area contributed by atoms with Crippen molar-refractivity contribution >= 4 is 29.1 Å². The molecule has 0 spiro atoms. The third-order valence-electron chi connectivity index (χ3n) is 8.80. The largest absolute Gasteiger partial charge is 0.481 e. The number of likely N-dealkylation sites (tertiary alicyclic amines) is 1. The molecule has 0 amide bonds. The normalized spacial score (nSPS) is 24.0. The number of nitrogens with zero attached hydrogens (tertiary/aromatic N) is 4. The summed E-state index contributed by atoms with van der Waals surface area (Å²) in [5.74, 6) is -5.25. The summed E-state index contributed by atoms with van der Waals surface area (Å²) in [6.45, 7) is 6.97. The van der Waals surface area contributed by atoms with Gasteiger partial charge in [-0.2, -0.15) is 5.06 Å². The van der Waals surface area contributed by atoms with Crippen LogP contribution in [-0.2, 0) is 23.9 Å². The molecule has 2 saturated heterocycles. The molecular weight excluding hydrogens is 627 g/mol. The second-order valence-corrected chi connectivity index (χ2v) is 13.0. The first-order valence-electron chi connectivity index (χ1n) is 14.9. The Kier molecular flexibility index (Phi) is 9.62. The number of carboxylic acids is 1. The number of aliphatic imine (C=N–C) groups is 1. The van der Waals surface area contributed by atoms with E-state index in [1.165, 1.54) is 49.3 Å². The van der Waals surface area contributed by atoms with Crippen molar-refractivity contribution in [1.82, 2.24) is 20.3 Å². The number of thiazole rings is 1. The SMILES string of the molecule is CCOC(=O)C1=C(CN2CC(F)(F)[C@@H]3[C@H]2CON3C[C@H](OC)C(C)(C)C(=O)O)NC(c2nc(C)cs2)=N[C@H]1c1cccc(F)c1C. The Labute approximate surface area is 269 Å². The predicted octanol–water partition coefficient (Wildman–Crippen LogP) is 3.87. The van der Waals surface area contributed by atoms with Crippen molar-refractivity contribution in [3.8, 4) is 0 Å². The number of aliphatic carboxylic acids is 1. The van der Waals surface area contributed by atoms with Crippen LogP contribution in [0.15, 0.2) is 39.8 Å². The van der Waals surface area contributed by atoms with Crippen molar-refractivity contribution in [3.63, 3.8) is 0 Å². The average molecular weight is 666 g/mol. The summed E-state index contributed by atoms with van der Waals surface area (Å²) in [4.78, 5) is 42.0. The second kappa shape index (κ2) is 13.0. The minimum absolute atomic E-state index is 0.0509. The lowest BCUT2D eigenvalue weighted by atomic mass is 9.86. The number of hydroxylamine groups is 2. The molecule has 2 fully saturated rings. The van der Waals surface area contributed by atoms with E-state index in [0.717, 1.165) is 10.8 Å². The Morgan fingerprint density at radius 2 is 2.04 bits per heavy atom. The van der Waals surface area contributed by atoms with Gasteiger partial charge >= 0.3 is 11.9 Å². The summed E-state index contributed by atoms with van der Waals surface area (Å²) < 4.78 is 57.2. The summed E-state index contributed by atoms with van der Waals surface area (Å²) in [5.41, 5.74) is 0.455. The third-order valence-corrected chi connectivity index (χ3v) is 9.76. The predicted molar refractivity (Wildman–Crippen MR) is 163 cm³/mol. The van der Waals surface area contributed by atoms with E-state index in [1.54, 1.807) is 19.9 Å². The van der Waals surface area contributed by atoms with E-state index >= 15 is 8.78 Å². The summed E-state index contributed by atoms with van der Waals surface area (Å²) in [5, 5.41) is 16.4. The van der Waals surface area contributed by atoms with E-state index in [4.69, 9.17) is 19.3 Å². The molecular formula is C31H38F3N5O6S. The zero-order valence-corrected chi connectivity index (χ0v) is 27.3. The van der Waals surface area contributed by atoms with Crippen LogP contribution in [0, 0.1) is 25.1 Å². The van der Waals surface area contributed by atoms with E-state index in [2.05, 4.69) is 10.3 Å². The molecule has 1 aromatic heterocycles. The van der Waals surface area contributed by atoms with Crippen LogP contribution < -0.4 is 5.32 Å². The lowest BCUT2D eigenvalue weighted by molar-refractivity contribution is -0.205. The number of benzene rings is 1. The fourth-order valence-electron chi connectivity index (χ4n) is 6.14. The minimum Gasteiger partial charge on any atom is -0.481 e. The van der Waals surface area contributed by atoms with Crippen LogP contribution in [0.2, 0.25) is 0 Å².